The molecule has 12 heteroatoms. The zero-order valence-electron chi connectivity index (χ0n) is 13.9. The van der Waals surface area contributed by atoms with E-state index in [-0.39, 0.29) is 12.5 Å². The number of carboxylic acid groups (broad SMARTS) is 1. The number of nitrogens with zero attached hydrogens (tertiary/aromatic N) is 1. The number of guanidine groups is 1. The lowest BCUT2D eigenvalue weighted by atomic mass is 10.1. The van der Waals surface area contributed by atoms with Gasteiger partial charge in [-0.15, -0.1) is 0 Å². The van der Waals surface area contributed by atoms with Crippen molar-refractivity contribution in [2.75, 3.05) is 19.6 Å². The highest BCUT2D eigenvalue weighted by Crippen LogP contribution is 1.95. The van der Waals surface area contributed by atoms with Gasteiger partial charge in [0.2, 0.25) is 17.7 Å². The van der Waals surface area contributed by atoms with E-state index in [2.05, 4.69) is 20.9 Å². The van der Waals surface area contributed by atoms with Crippen LogP contribution in [0.15, 0.2) is 4.99 Å². The molecule has 0 bridgehead atoms. The number of nitrogens with two attached hydrogens (primary N) is 3. The van der Waals surface area contributed by atoms with Gasteiger partial charge in [-0.1, -0.05) is 0 Å². The smallest absolute Gasteiger partial charge is 0.325 e. The predicted molar refractivity (Wildman–Crippen MR) is 89.1 cm³/mol. The van der Waals surface area contributed by atoms with Gasteiger partial charge in [0.25, 0.3) is 0 Å². The summed E-state index contributed by atoms with van der Waals surface area (Å²) in [6.45, 7) is 0.865. The Labute approximate surface area is 144 Å². The minimum atomic E-state index is -1.19. The maximum atomic E-state index is 11.7. The van der Waals surface area contributed by atoms with Crippen molar-refractivity contribution in [1.29, 1.82) is 0 Å². The van der Waals surface area contributed by atoms with Crippen LogP contribution < -0.4 is 33.2 Å². The first-order valence-corrected chi connectivity index (χ1v) is 7.51. The summed E-state index contributed by atoms with van der Waals surface area (Å²) in [7, 11) is 0. The van der Waals surface area contributed by atoms with E-state index in [9.17, 15) is 19.2 Å². The Kier molecular flexibility index (Phi) is 10.3. The number of aliphatic imine (C=N–C) groups is 1. The average molecular weight is 359 g/mol. The number of rotatable bonds is 11. The number of nitrogens with one attached hydrogen (secondary N) is 3. The third-order valence-electron chi connectivity index (χ3n) is 2.92. The Balaban J connectivity index is 3.96. The van der Waals surface area contributed by atoms with E-state index in [1.165, 1.54) is 6.92 Å². The lowest BCUT2D eigenvalue weighted by molar-refractivity contribution is -0.141. The Hall–Kier alpha value is -2.89. The molecule has 12 nitrogen and oxygen atoms in total. The molecule has 25 heavy (non-hydrogen) atoms. The summed E-state index contributed by atoms with van der Waals surface area (Å²) >= 11 is 0. The van der Waals surface area contributed by atoms with Gasteiger partial charge < -0.3 is 38.3 Å². The third kappa shape index (κ3) is 11.3. The van der Waals surface area contributed by atoms with Gasteiger partial charge in [0, 0.05) is 6.54 Å². The van der Waals surface area contributed by atoms with Crippen molar-refractivity contribution in [3.8, 4) is 0 Å². The van der Waals surface area contributed by atoms with Crippen molar-refractivity contribution < 1.29 is 24.3 Å². The number of aliphatic carboxylic acids is 1. The normalized spacial score (nSPS) is 12.4. The Bertz CT molecular complexity index is 519. The predicted octanol–water partition coefficient (Wildman–Crippen LogP) is -3.81. The number of hydrogen-bond donors (Lipinski definition) is 7. The van der Waals surface area contributed by atoms with E-state index in [1.54, 1.807) is 0 Å². The van der Waals surface area contributed by atoms with Gasteiger partial charge in [-0.2, -0.15) is 0 Å². The highest BCUT2D eigenvalue weighted by molar-refractivity contribution is 5.90. The van der Waals surface area contributed by atoms with Crippen LogP contribution in [0.4, 0.5) is 0 Å². The van der Waals surface area contributed by atoms with E-state index in [4.69, 9.17) is 22.3 Å². The second-order valence-corrected chi connectivity index (χ2v) is 5.18. The van der Waals surface area contributed by atoms with Crippen LogP contribution in [-0.4, -0.2) is 66.5 Å². The van der Waals surface area contributed by atoms with Gasteiger partial charge in [-0.05, 0) is 19.8 Å². The molecule has 0 aromatic rings. The molecular weight excluding hydrogens is 334 g/mol. The summed E-state index contributed by atoms with van der Waals surface area (Å²) in [6, 6.07) is -1.89. The summed E-state index contributed by atoms with van der Waals surface area (Å²) in [5, 5.41) is 15.4. The minimum absolute atomic E-state index is 0.0449. The van der Waals surface area contributed by atoms with Crippen molar-refractivity contribution in [1.82, 2.24) is 16.0 Å². The molecule has 10 N–H and O–H groups in total. The van der Waals surface area contributed by atoms with Crippen LogP contribution in [0.25, 0.3) is 0 Å². The molecule has 0 aliphatic heterocycles. The SMILES string of the molecule is CC(NC(=O)CNC(=O)CNC(=O)C(N)CCCN=C(N)N)C(=O)O. The molecule has 142 valence electrons. The molecule has 0 saturated heterocycles. The Morgan fingerprint density at radius 1 is 1.08 bits per heavy atom. The van der Waals surface area contributed by atoms with Gasteiger partial charge in [0.15, 0.2) is 5.96 Å². The topological polar surface area (TPSA) is 215 Å². The number of carbonyl (C=O) groups is 4. The number of carboxylic acids is 1. The van der Waals surface area contributed by atoms with Crippen molar-refractivity contribution in [3.05, 3.63) is 0 Å². The fourth-order valence-electron chi connectivity index (χ4n) is 1.54. The zero-order valence-corrected chi connectivity index (χ0v) is 13.9. The van der Waals surface area contributed by atoms with Crippen molar-refractivity contribution in [2.45, 2.75) is 31.8 Å². The first kappa shape index (κ1) is 22.1. The van der Waals surface area contributed by atoms with E-state index >= 15 is 0 Å². The maximum Gasteiger partial charge on any atom is 0.325 e. The van der Waals surface area contributed by atoms with E-state index in [0.29, 0.717) is 19.4 Å². The van der Waals surface area contributed by atoms with Crippen molar-refractivity contribution in [2.24, 2.45) is 22.2 Å². The number of hydrogen-bond acceptors (Lipinski definition) is 6. The van der Waals surface area contributed by atoms with Crippen LogP contribution in [0.1, 0.15) is 19.8 Å². The largest absolute Gasteiger partial charge is 0.480 e. The highest BCUT2D eigenvalue weighted by Gasteiger charge is 2.16. The number of amides is 3. The van der Waals surface area contributed by atoms with Crippen LogP contribution >= 0.6 is 0 Å². The summed E-state index contributed by atoms with van der Waals surface area (Å²) in [6.07, 6.45) is 0.834. The molecule has 0 aliphatic rings. The summed E-state index contributed by atoms with van der Waals surface area (Å²) in [5.41, 5.74) is 16.0. The second kappa shape index (κ2) is 11.6. The minimum Gasteiger partial charge on any atom is -0.480 e. The molecule has 0 aliphatic carbocycles. The number of carbonyl (C=O) groups excluding carboxylic acids is 3. The van der Waals surface area contributed by atoms with Crippen LogP contribution in [0, 0.1) is 0 Å². The lowest BCUT2D eigenvalue weighted by Crippen LogP contribution is -2.48. The third-order valence-corrected chi connectivity index (χ3v) is 2.92. The Morgan fingerprint density at radius 2 is 1.68 bits per heavy atom. The van der Waals surface area contributed by atoms with Gasteiger partial charge >= 0.3 is 5.97 Å². The van der Waals surface area contributed by atoms with Gasteiger partial charge in [-0.3, -0.25) is 24.2 Å². The quantitative estimate of drug-likeness (QED) is 0.110. The van der Waals surface area contributed by atoms with Gasteiger partial charge in [-0.25, -0.2) is 0 Å². The first-order valence-electron chi connectivity index (χ1n) is 7.51. The van der Waals surface area contributed by atoms with Crippen LogP contribution in [0.5, 0.6) is 0 Å². The molecular formula is C13H25N7O5. The highest BCUT2D eigenvalue weighted by atomic mass is 16.4. The van der Waals surface area contributed by atoms with E-state index < -0.39 is 42.3 Å². The molecule has 0 fully saturated rings. The zero-order chi connectivity index (χ0) is 19.4. The first-order chi connectivity index (χ1) is 11.6. The summed E-state index contributed by atoms with van der Waals surface area (Å²) in [5.74, 6) is -3.04. The maximum absolute atomic E-state index is 11.7. The Morgan fingerprint density at radius 3 is 2.24 bits per heavy atom. The lowest BCUT2D eigenvalue weighted by Gasteiger charge is -2.12. The van der Waals surface area contributed by atoms with E-state index in [0.717, 1.165) is 0 Å². The fraction of sp³-hybridized carbons (Fsp3) is 0.615. The fourth-order valence-corrected chi connectivity index (χ4v) is 1.54. The molecule has 0 rings (SSSR count). The standard InChI is InChI=1S/C13H25N7O5/c1-7(12(24)25)20-10(22)6-18-9(21)5-19-11(23)8(14)3-2-4-17-13(15)16/h7-8H,2-6,14H2,1H3,(H,18,21)(H,19,23)(H,20,22)(H,24,25)(H4,15,16,17). The summed E-state index contributed by atoms with van der Waals surface area (Å²) in [4.78, 5) is 48.9. The molecule has 0 spiro atoms. The molecule has 2 atom stereocenters. The van der Waals surface area contributed by atoms with Gasteiger partial charge in [0.05, 0.1) is 19.1 Å². The van der Waals surface area contributed by atoms with E-state index in [1.807, 2.05) is 0 Å². The second-order valence-electron chi connectivity index (χ2n) is 5.18. The molecule has 0 aromatic heterocycles. The van der Waals surface area contributed by atoms with Crippen molar-refractivity contribution in [3.63, 3.8) is 0 Å². The van der Waals surface area contributed by atoms with Gasteiger partial charge in [0.1, 0.15) is 6.04 Å². The monoisotopic (exact) mass is 359 g/mol. The summed E-state index contributed by atoms with van der Waals surface area (Å²) < 4.78 is 0. The van der Waals surface area contributed by atoms with Crippen LogP contribution in [0.2, 0.25) is 0 Å². The molecule has 2 unspecified atom stereocenters. The van der Waals surface area contributed by atoms with Crippen molar-refractivity contribution >= 4 is 29.7 Å². The average Bonchev–Trinajstić information content (AvgIpc) is 2.53. The molecule has 0 saturated carbocycles. The molecule has 0 radical (unpaired) electrons. The molecule has 3 amide bonds. The van der Waals surface area contributed by atoms with Crippen LogP contribution in [0.3, 0.4) is 0 Å². The molecule has 0 heterocycles. The molecule has 0 aromatic carbocycles. The van der Waals surface area contributed by atoms with Crippen LogP contribution in [-0.2, 0) is 19.2 Å².